The standard InChI is InChI=1S/C21H19N5O4S/c27-18(10-9-17-23-19(25-30-17)15-7-4-12-29-15)26-11-3-6-14(26)20(28)24-21-22-13-5-1-2-8-16(13)31-21/h1-2,4-5,7-8,12,14H,3,6,9-11H2,(H,22,24,28). The summed E-state index contributed by atoms with van der Waals surface area (Å²) in [4.78, 5) is 35.9. The monoisotopic (exact) mass is 437 g/mol. The van der Waals surface area contributed by atoms with E-state index in [9.17, 15) is 9.59 Å². The molecule has 4 aromatic rings. The van der Waals surface area contributed by atoms with E-state index in [0.29, 0.717) is 42.0 Å². The van der Waals surface area contributed by atoms with Crippen LogP contribution in [-0.2, 0) is 16.0 Å². The van der Waals surface area contributed by atoms with E-state index in [1.165, 1.54) is 17.6 Å². The molecule has 5 rings (SSSR count). The smallest absolute Gasteiger partial charge is 0.248 e. The van der Waals surface area contributed by atoms with Crippen LogP contribution in [-0.4, -0.2) is 44.4 Å². The number of furan rings is 1. The zero-order chi connectivity index (χ0) is 21.2. The number of rotatable bonds is 6. The van der Waals surface area contributed by atoms with Crippen LogP contribution in [0.15, 0.2) is 51.6 Å². The topological polar surface area (TPSA) is 114 Å². The summed E-state index contributed by atoms with van der Waals surface area (Å²) in [5.41, 5.74) is 0.843. The van der Waals surface area contributed by atoms with E-state index in [1.807, 2.05) is 24.3 Å². The third kappa shape index (κ3) is 4.06. The minimum absolute atomic E-state index is 0.111. The number of aryl methyl sites for hydroxylation is 1. The Kier molecular flexibility index (Phi) is 5.21. The second kappa shape index (κ2) is 8.31. The van der Waals surface area contributed by atoms with Crippen LogP contribution in [0.4, 0.5) is 5.13 Å². The minimum atomic E-state index is -0.499. The van der Waals surface area contributed by atoms with Gasteiger partial charge in [-0.2, -0.15) is 4.98 Å². The number of aromatic nitrogens is 3. The lowest BCUT2D eigenvalue weighted by molar-refractivity contribution is -0.136. The zero-order valence-corrected chi connectivity index (χ0v) is 17.3. The van der Waals surface area contributed by atoms with Gasteiger partial charge in [0.2, 0.25) is 23.5 Å². The lowest BCUT2D eigenvalue weighted by Gasteiger charge is -2.23. The second-order valence-corrected chi connectivity index (χ2v) is 8.24. The van der Waals surface area contributed by atoms with Crippen molar-refractivity contribution in [2.45, 2.75) is 31.7 Å². The molecule has 1 saturated heterocycles. The first-order chi connectivity index (χ1) is 15.2. The van der Waals surface area contributed by atoms with Crippen molar-refractivity contribution in [3.05, 3.63) is 48.6 Å². The average Bonchev–Trinajstić information content (AvgIpc) is 3.57. The molecule has 1 unspecified atom stereocenters. The summed E-state index contributed by atoms with van der Waals surface area (Å²) in [5.74, 6) is 0.895. The first-order valence-electron chi connectivity index (χ1n) is 10.00. The predicted molar refractivity (Wildman–Crippen MR) is 113 cm³/mol. The van der Waals surface area contributed by atoms with E-state index < -0.39 is 6.04 Å². The maximum Gasteiger partial charge on any atom is 0.248 e. The number of hydrogen-bond acceptors (Lipinski definition) is 8. The summed E-state index contributed by atoms with van der Waals surface area (Å²) in [6.45, 7) is 0.554. The number of nitrogens with zero attached hydrogens (tertiary/aromatic N) is 4. The minimum Gasteiger partial charge on any atom is -0.461 e. The Bertz CT molecular complexity index is 1180. The van der Waals surface area contributed by atoms with Crippen LogP contribution in [0.25, 0.3) is 21.8 Å². The Hall–Kier alpha value is -3.53. The van der Waals surface area contributed by atoms with Crippen LogP contribution >= 0.6 is 11.3 Å². The largest absolute Gasteiger partial charge is 0.461 e. The van der Waals surface area contributed by atoms with Gasteiger partial charge < -0.3 is 19.2 Å². The summed E-state index contributed by atoms with van der Waals surface area (Å²) in [6, 6.07) is 10.7. The third-order valence-electron chi connectivity index (χ3n) is 5.16. The molecule has 2 amide bonds. The predicted octanol–water partition coefficient (Wildman–Crippen LogP) is 3.50. The Balaban J connectivity index is 1.20. The number of carbonyl (C=O) groups excluding carboxylic acids is 2. The molecule has 0 bridgehead atoms. The molecule has 158 valence electrons. The highest BCUT2D eigenvalue weighted by Crippen LogP contribution is 2.27. The van der Waals surface area contributed by atoms with Crippen molar-refractivity contribution >= 4 is 38.5 Å². The molecule has 1 N–H and O–H groups in total. The molecule has 9 nitrogen and oxygen atoms in total. The molecule has 1 fully saturated rings. The van der Waals surface area contributed by atoms with E-state index in [4.69, 9.17) is 8.94 Å². The van der Waals surface area contributed by atoms with Crippen LogP contribution in [0, 0.1) is 0 Å². The Labute approximate surface area is 181 Å². The highest BCUT2D eigenvalue weighted by Gasteiger charge is 2.34. The van der Waals surface area contributed by atoms with Gasteiger partial charge in [-0.05, 0) is 37.1 Å². The Morgan fingerprint density at radius 2 is 2.10 bits per heavy atom. The molecule has 0 saturated carbocycles. The lowest BCUT2D eigenvalue weighted by Crippen LogP contribution is -2.43. The molecule has 1 aromatic carbocycles. The van der Waals surface area contributed by atoms with Crippen molar-refractivity contribution in [3.8, 4) is 11.6 Å². The van der Waals surface area contributed by atoms with Crippen LogP contribution in [0.3, 0.4) is 0 Å². The maximum atomic E-state index is 12.8. The van der Waals surface area contributed by atoms with E-state index in [2.05, 4.69) is 20.4 Å². The van der Waals surface area contributed by atoms with Crippen molar-refractivity contribution in [1.82, 2.24) is 20.0 Å². The summed E-state index contributed by atoms with van der Waals surface area (Å²) < 4.78 is 11.5. The fraction of sp³-hybridized carbons (Fsp3) is 0.286. The number of hydrogen-bond donors (Lipinski definition) is 1. The van der Waals surface area contributed by atoms with Crippen LogP contribution in [0.5, 0.6) is 0 Å². The van der Waals surface area contributed by atoms with Crippen molar-refractivity contribution in [2.75, 3.05) is 11.9 Å². The fourth-order valence-electron chi connectivity index (χ4n) is 3.67. The van der Waals surface area contributed by atoms with E-state index in [1.54, 1.807) is 17.0 Å². The van der Waals surface area contributed by atoms with E-state index in [-0.39, 0.29) is 18.2 Å². The van der Waals surface area contributed by atoms with Gasteiger partial charge in [0, 0.05) is 19.4 Å². The van der Waals surface area contributed by atoms with Gasteiger partial charge in [-0.15, -0.1) is 0 Å². The van der Waals surface area contributed by atoms with Crippen molar-refractivity contribution in [1.29, 1.82) is 0 Å². The molecule has 1 aliphatic heterocycles. The molecule has 31 heavy (non-hydrogen) atoms. The van der Waals surface area contributed by atoms with Crippen LogP contribution < -0.4 is 5.32 Å². The highest BCUT2D eigenvalue weighted by atomic mass is 32.1. The summed E-state index contributed by atoms with van der Waals surface area (Å²) >= 11 is 1.42. The maximum absolute atomic E-state index is 12.8. The molecule has 4 heterocycles. The van der Waals surface area contributed by atoms with Gasteiger partial charge in [-0.3, -0.25) is 9.59 Å². The number of anilines is 1. The van der Waals surface area contributed by atoms with Crippen LogP contribution in [0.2, 0.25) is 0 Å². The van der Waals surface area contributed by atoms with Crippen molar-refractivity contribution in [3.63, 3.8) is 0 Å². The zero-order valence-electron chi connectivity index (χ0n) is 16.5. The number of likely N-dealkylation sites (tertiary alicyclic amines) is 1. The van der Waals surface area contributed by atoms with Gasteiger partial charge in [0.15, 0.2) is 10.9 Å². The Morgan fingerprint density at radius 3 is 2.94 bits per heavy atom. The molecule has 1 atom stereocenters. The fourth-order valence-corrected chi connectivity index (χ4v) is 4.54. The van der Waals surface area contributed by atoms with Crippen molar-refractivity contribution in [2.24, 2.45) is 0 Å². The van der Waals surface area contributed by atoms with Gasteiger partial charge in [0.05, 0.1) is 16.5 Å². The van der Waals surface area contributed by atoms with Gasteiger partial charge in [0.1, 0.15) is 6.04 Å². The van der Waals surface area contributed by atoms with Crippen molar-refractivity contribution < 1.29 is 18.5 Å². The average molecular weight is 437 g/mol. The first-order valence-corrected chi connectivity index (χ1v) is 10.8. The molecule has 0 spiro atoms. The molecule has 3 aromatic heterocycles. The lowest BCUT2D eigenvalue weighted by atomic mass is 10.2. The summed E-state index contributed by atoms with van der Waals surface area (Å²) in [5, 5.41) is 7.28. The van der Waals surface area contributed by atoms with Gasteiger partial charge in [-0.25, -0.2) is 4.98 Å². The Morgan fingerprint density at radius 1 is 1.19 bits per heavy atom. The normalized spacial score (nSPS) is 16.1. The summed E-state index contributed by atoms with van der Waals surface area (Å²) in [7, 11) is 0. The SMILES string of the molecule is O=C(Nc1nc2ccccc2s1)C1CCCN1C(=O)CCc1nc(-c2ccco2)no1. The number of benzene rings is 1. The molecule has 0 radical (unpaired) electrons. The van der Waals surface area contributed by atoms with Gasteiger partial charge in [0.25, 0.3) is 0 Å². The number of thiazole rings is 1. The van der Waals surface area contributed by atoms with Gasteiger partial charge >= 0.3 is 0 Å². The second-order valence-electron chi connectivity index (χ2n) is 7.21. The quantitative estimate of drug-likeness (QED) is 0.491. The molecular formula is C21H19N5O4S. The molecular weight excluding hydrogens is 418 g/mol. The van der Waals surface area contributed by atoms with E-state index in [0.717, 1.165) is 16.6 Å². The number of para-hydroxylation sites is 1. The first kappa shape index (κ1) is 19.4. The molecule has 0 aliphatic carbocycles. The number of nitrogens with one attached hydrogen (secondary N) is 1. The summed E-state index contributed by atoms with van der Waals surface area (Å²) in [6.07, 6.45) is 3.43. The highest BCUT2D eigenvalue weighted by molar-refractivity contribution is 7.22. The molecule has 1 aliphatic rings. The third-order valence-corrected chi connectivity index (χ3v) is 6.11. The number of carbonyl (C=O) groups is 2. The molecule has 10 heteroatoms. The van der Waals surface area contributed by atoms with Gasteiger partial charge in [-0.1, -0.05) is 28.6 Å². The van der Waals surface area contributed by atoms with E-state index >= 15 is 0 Å². The number of fused-ring (bicyclic) bond motifs is 1. The number of amides is 2. The van der Waals surface area contributed by atoms with Crippen LogP contribution in [0.1, 0.15) is 25.2 Å².